The second-order valence-electron chi connectivity index (χ2n) is 2.23. The Labute approximate surface area is 71.8 Å². The van der Waals surface area contributed by atoms with Crippen LogP contribution in [0.15, 0.2) is 0 Å². The van der Waals surface area contributed by atoms with Crippen molar-refractivity contribution < 1.29 is 16.8 Å². The van der Waals surface area contributed by atoms with Crippen LogP contribution < -0.4 is 9.86 Å². The lowest BCUT2D eigenvalue weighted by molar-refractivity contribution is 0.516. The van der Waals surface area contributed by atoms with Crippen molar-refractivity contribution in [1.82, 2.24) is 9.03 Å². The van der Waals surface area contributed by atoms with Gasteiger partial charge in [-0.25, -0.2) is 17.9 Å². The molecule has 3 N–H and O–H groups in total. The fourth-order valence-electron chi connectivity index (χ4n) is 0.286. The van der Waals surface area contributed by atoms with E-state index in [1.165, 1.54) is 14.1 Å². The quantitative estimate of drug-likeness (QED) is 0.548. The second-order valence-corrected chi connectivity index (χ2v) is 5.79. The van der Waals surface area contributed by atoms with Crippen LogP contribution in [0.2, 0.25) is 0 Å². The molecule has 0 aliphatic heterocycles. The molecule has 0 aromatic carbocycles. The third-order valence-electron chi connectivity index (χ3n) is 0.999. The monoisotopic (exact) mass is 217 g/mol. The van der Waals surface area contributed by atoms with Crippen molar-refractivity contribution >= 4 is 20.2 Å². The molecule has 0 bridgehead atoms. The van der Waals surface area contributed by atoms with Crippen molar-refractivity contribution in [1.29, 1.82) is 0 Å². The highest BCUT2D eigenvalue weighted by atomic mass is 32.2. The normalized spacial score (nSPS) is 13.7. The van der Waals surface area contributed by atoms with Crippen LogP contribution in [0.1, 0.15) is 0 Å². The molecule has 0 aromatic heterocycles. The summed E-state index contributed by atoms with van der Waals surface area (Å²) in [4.78, 5) is 0. The van der Waals surface area contributed by atoms with Crippen LogP contribution in [0, 0.1) is 0 Å². The Balaban J connectivity index is 4.32. The number of nitrogens with two attached hydrogens (primary N) is 1. The van der Waals surface area contributed by atoms with Crippen molar-refractivity contribution in [2.75, 3.05) is 20.0 Å². The smallest absolute Gasteiger partial charge is 0.216 e. The van der Waals surface area contributed by atoms with E-state index in [-0.39, 0.29) is 0 Å². The molecule has 0 amide bonds. The molecule has 0 spiro atoms. The Morgan fingerprint density at radius 3 is 1.92 bits per heavy atom. The van der Waals surface area contributed by atoms with E-state index in [4.69, 9.17) is 0 Å². The first-order valence-electron chi connectivity index (χ1n) is 2.83. The van der Waals surface area contributed by atoms with Crippen LogP contribution in [0.3, 0.4) is 0 Å². The fourth-order valence-corrected chi connectivity index (χ4v) is 1.80. The van der Waals surface area contributed by atoms with Crippen LogP contribution >= 0.6 is 0 Å². The molecule has 0 unspecified atom stereocenters. The van der Waals surface area contributed by atoms with Crippen LogP contribution in [0.5, 0.6) is 0 Å². The number of hydrogen-bond acceptors (Lipinski definition) is 4. The molecule has 0 saturated heterocycles. The molecular weight excluding hydrogens is 206 g/mol. The fraction of sp³-hybridized carbons (Fsp3) is 1.00. The molecule has 0 aromatic rings. The van der Waals surface area contributed by atoms with E-state index in [0.29, 0.717) is 0 Å². The summed E-state index contributed by atoms with van der Waals surface area (Å²) >= 11 is 0. The zero-order valence-electron chi connectivity index (χ0n) is 6.68. The summed E-state index contributed by atoms with van der Waals surface area (Å²) in [6.07, 6.45) is 0. The van der Waals surface area contributed by atoms with Gasteiger partial charge in [-0.15, -0.1) is 0 Å². The van der Waals surface area contributed by atoms with Crippen LogP contribution in [0.4, 0.5) is 0 Å². The molecule has 9 heteroatoms. The predicted molar refractivity (Wildman–Crippen MR) is 43.7 cm³/mol. The van der Waals surface area contributed by atoms with Crippen molar-refractivity contribution in [3.05, 3.63) is 0 Å². The zero-order chi connectivity index (χ0) is 9.99. The standard InChI is InChI=1S/C3H11N3O4S2/c1-6(2)11(7,8)3-5-12(4,9)10/h5H,3H2,1-2H3,(H2,4,9,10). The van der Waals surface area contributed by atoms with Gasteiger partial charge in [-0.05, 0) is 0 Å². The van der Waals surface area contributed by atoms with Crippen LogP contribution in [-0.4, -0.2) is 41.1 Å². The summed E-state index contributed by atoms with van der Waals surface area (Å²) in [5.41, 5.74) is 0. The number of nitrogens with one attached hydrogen (secondary N) is 1. The largest absolute Gasteiger partial charge is 0.275 e. The molecule has 0 saturated carbocycles. The summed E-state index contributed by atoms with van der Waals surface area (Å²) in [5, 5.41) is 4.52. The van der Waals surface area contributed by atoms with Gasteiger partial charge in [-0.3, -0.25) is 0 Å². The van der Waals surface area contributed by atoms with E-state index in [9.17, 15) is 16.8 Å². The summed E-state index contributed by atoms with van der Waals surface area (Å²) in [7, 11) is -4.93. The number of rotatable bonds is 4. The molecule has 0 rings (SSSR count). The van der Waals surface area contributed by atoms with Gasteiger partial charge in [-0.1, -0.05) is 0 Å². The van der Waals surface area contributed by atoms with Crippen molar-refractivity contribution in [3.63, 3.8) is 0 Å². The van der Waals surface area contributed by atoms with Gasteiger partial charge in [0.05, 0.1) is 0 Å². The maximum Gasteiger partial charge on any atom is 0.275 e. The lowest BCUT2D eigenvalue weighted by Gasteiger charge is -2.10. The molecular formula is C3H11N3O4S2. The van der Waals surface area contributed by atoms with Gasteiger partial charge in [-0.2, -0.15) is 13.1 Å². The van der Waals surface area contributed by atoms with Crippen molar-refractivity contribution in [2.24, 2.45) is 5.14 Å². The molecule has 0 fully saturated rings. The van der Waals surface area contributed by atoms with Gasteiger partial charge in [0.1, 0.15) is 5.88 Å². The van der Waals surface area contributed by atoms with E-state index in [1.807, 2.05) is 0 Å². The SMILES string of the molecule is CN(C)S(=O)(=O)CNS(N)(=O)=O. The van der Waals surface area contributed by atoms with Gasteiger partial charge in [0.25, 0.3) is 10.2 Å². The first-order chi connectivity index (χ1) is 5.15. The topological polar surface area (TPSA) is 110 Å². The van der Waals surface area contributed by atoms with Crippen LogP contribution in [-0.2, 0) is 20.2 Å². The minimum Gasteiger partial charge on any atom is -0.216 e. The van der Waals surface area contributed by atoms with E-state index in [2.05, 4.69) is 5.14 Å². The minimum atomic E-state index is -3.95. The van der Waals surface area contributed by atoms with Gasteiger partial charge >= 0.3 is 0 Å². The average Bonchev–Trinajstić information content (AvgIpc) is 1.82. The summed E-state index contributed by atoms with van der Waals surface area (Å²) in [6, 6.07) is 0. The van der Waals surface area contributed by atoms with Crippen molar-refractivity contribution in [3.8, 4) is 0 Å². The number of hydrogen-bond donors (Lipinski definition) is 2. The zero-order valence-corrected chi connectivity index (χ0v) is 8.31. The van der Waals surface area contributed by atoms with E-state index in [1.54, 1.807) is 4.72 Å². The predicted octanol–water partition coefficient (Wildman–Crippen LogP) is -2.37. The molecule has 7 nitrogen and oxygen atoms in total. The van der Waals surface area contributed by atoms with Gasteiger partial charge in [0.2, 0.25) is 10.0 Å². The highest BCUT2D eigenvalue weighted by Crippen LogP contribution is 1.90. The second kappa shape index (κ2) is 3.66. The summed E-state index contributed by atoms with van der Waals surface area (Å²) in [6.45, 7) is 0. The molecule has 12 heavy (non-hydrogen) atoms. The molecule has 0 heterocycles. The van der Waals surface area contributed by atoms with E-state index < -0.39 is 26.1 Å². The minimum absolute atomic E-state index is 0.723. The summed E-state index contributed by atoms with van der Waals surface area (Å²) in [5.74, 6) is -0.723. The Morgan fingerprint density at radius 1 is 1.25 bits per heavy atom. The van der Waals surface area contributed by atoms with Gasteiger partial charge in [0, 0.05) is 14.1 Å². The van der Waals surface area contributed by atoms with E-state index >= 15 is 0 Å². The molecule has 0 aliphatic rings. The third kappa shape index (κ3) is 4.62. The third-order valence-corrected chi connectivity index (χ3v) is 3.35. The lowest BCUT2D eigenvalue weighted by atomic mass is 11.3. The Morgan fingerprint density at radius 2 is 1.67 bits per heavy atom. The maximum absolute atomic E-state index is 10.9. The van der Waals surface area contributed by atoms with Crippen molar-refractivity contribution in [2.45, 2.75) is 0 Å². The number of sulfonamides is 1. The first kappa shape index (κ1) is 11.8. The summed E-state index contributed by atoms with van der Waals surface area (Å²) < 4.78 is 45.0. The Hall–Kier alpha value is -0.220. The molecule has 0 atom stereocenters. The van der Waals surface area contributed by atoms with Gasteiger partial charge < -0.3 is 0 Å². The lowest BCUT2D eigenvalue weighted by Crippen LogP contribution is -2.39. The Kier molecular flexibility index (Phi) is 3.59. The molecule has 0 aliphatic carbocycles. The molecule has 74 valence electrons. The van der Waals surface area contributed by atoms with E-state index in [0.717, 1.165) is 4.31 Å². The highest BCUT2D eigenvalue weighted by Gasteiger charge is 2.15. The van der Waals surface area contributed by atoms with Gasteiger partial charge in [0.15, 0.2) is 0 Å². The number of nitrogens with zero attached hydrogens (tertiary/aromatic N) is 1. The highest BCUT2D eigenvalue weighted by molar-refractivity contribution is 7.91. The first-order valence-corrected chi connectivity index (χ1v) is 5.98. The maximum atomic E-state index is 10.9. The average molecular weight is 217 g/mol. The Bertz CT molecular complexity index is 329. The molecule has 0 radical (unpaired) electrons. The van der Waals surface area contributed by atoms with Crippen LogP contribution in [0.25, 0.3) is 0 Å².